The Morgan fingerprint density at radius 3 is 2.12 bits per heavy atom. The molecule has 0 aliphatic carbocycles. The van der Waals surface area contributed by atoms with Gasteiger partial charge in [0.15, 0.2) is 0 Å². The summed E-state index contributed by atoms with van der Waals surface area (Å²) < 4.78 is 0. The van der Waals surface area contributed by atoms with Crippen LogP contribution < -0.4 is 10.6 Å². The SMILES string of the molecule is O=C(Cc1nc(CNC(Cc2ccccc2)c2ccccc2)cs1)NCc1ccccc1. The Bertz CT molecular complexity index is 1100. The van der Waals surface area contributed by atoms with Crippen LogP contribution in [0, 0.1) is 0 Å². The number of nitrogens with zero attached hydrogens (tertiary/aromatic N) is 1. The molecule has 1 unspecified atom stereocenters. The first-order valence-electron chi connectivity index (χ1n) is 10.8. The molecule has 0 fully saturated rings. The summed E-state index contributed by atoms with van der Waals surface area (Å²) in [5.41, 5.74) is 4.61. The third kappa shape index (κ3) is 6.61. The highest BCUT2D eigenvalue weighted by molar-refractivity contribution is 7.09. The molecule has 3 aromatic carbocycles. The van der Waals surface area contributed by atoms with Crippen molar-refractivity contribution in [2.24, 2.45) is 0 Å². The molecule has 0 aliphatic rings. The minimum atomic E-state index is -0.00560. The predicted molar refractivity (Wildman–Crippen MR) is 130 cm³/mol. The number of rotatable bonds is 10. The molecule has 0 saturated heterocycles. The molecule has 4 aromatic rings. The Morgan fingerprint density at radius 2 is 1.44 bits per heavy atom. The summed E-state index contributed by atoms with van der Waals surface area (Å²) in [6, 6.07) is 31.1. The van der Waals surface area contributed by atoms with Gasteiger partial charge in [-0.15, -0.1) is 11.3 Å². The lowest BCUT2D eigenvalue weighted by molar-refractivity contribution is -0.120. The fourth-order valence-electron chi connectivity index (χ4n) is 3.58. The number of thiazole rings is 1. The first kappa shape index (κ1) is 21.9. The lowest BCUT2D eigenvalue weighted by Crippen LogP contribution is -2.25. The van der Waals surface area contributed by atoms with E-state index in [0.717, 1.165) is 22.7 Å². The van der Waals surface area contributed by atoms with Gasteiger partial charge in [-0.1, -0.05) is 91.0 Å². The maximum atomic E-state index is 12.3. The molecular formula is C27H27N3OS. The van der Waals surface area contributed by atoms with Crippen molar-refractivity contribution in [2.45, 2.75) is 32.0 Å². The van der Waals surface area contributed by atoms with Gasteiger partial charge in [0.05, 0.1) is 12.1 Å². The zero-order valence-corrected chi connectivity index (χ0v) is 18.7. The second kappa shape index (κ2) is 11.4. The minimum absolute atomic E-state index is 0.00560. The van der Waals surface area contributed by atoms with E-state index in [1.165, 1.54) is 22.5 Å². The molecule has 0 saturated carbocycles. The number of carbonyl (C=O) groups is 1. The second-order valence-electron chi connectivity index (χ2n) is 7.71. The van der Waals surface area contributed by atoms with E-state index in [-0.39, 0.29) is 11.9 Å². The molecule has 4 rings (SSSR count). The minimum Gasteiger partial charge on any atom is -0.352 e. The van der Waals surface area contributed by atoms with Crippen molar-refractivity contribution < 1.29 is 4.79 Å². The van der Waals surface area contributed by atoms with E-state index in [1.807, 2.05) is 47.8 Å². The zero-order chi connectivity index (χ0) is 22.0. The van der Waals surface area contributed by atoms with Gasteiger partial charge < -0.3 is 10.6 Å². The summed E-state index contributed by atoms with van der Waals surface area (Å²) in [7, 11) is 0. The number of benzene rings is 3. The first-order valence-corrected chi connectivity index (χ1v) is 11.7. The van der Waals surface area contributed by atoms with Crippen molar-refractivity contribution in [1.82, 2.24) is 15.6 Å². The maximum Gasteiger partial charge on any atom is 0.227 e. The quantitative estimate of drug-likeness (QED) is 0.361. The molecule has 1 heterocycles. The van der Waals surface area contributed by atoms with E-state index < -0.39 is 0 Å². The van der Waals surface area contributed by atoms with E-state index in [0.29, 0.717) is 19.5 Å². The van der Waals surface area contributed by atoms with Crippen molar-refractivity contribution in [3.05, 3.63) is 124 Å². The van der Waals surface area contributed by atoms with Crippen LogP contribution in [0.15, 0.2) is 96.4 Å². The third-order valence-corrected chi connectivity index (χ3v) is 6.16. The predicted octanol–water partition coefficient (Wildman–Crippen LogP) is 5.08. The third-order valence-electron chi connectivity index (χ3n) is 5.26. The first-order chi connectivity index (χ1) is 15.8. The Labute approximate surface area is 193 Å². The van der Waals surface area contributed by atoms with E-state index in [4.69, 9.17) is 0 Å². The van der Waals surface area contributed by atoms with Gasteiger partial charge in [0.2, 0.25) is 5.91 Å². The average molecular weight is 442 g/mol. The van der Waals surface area contributed by atoms with Gasteiger partial charge in [-0.05, 0) is 23.1 Å². The van der Waals surface area contributed by atoms with E-state index in [9.17, 15) is 4.79 Å². The van der Waals surface area contributed by atoms with Crippen LogP contribution in [0.1, 0.15) is 33.4 Å². The standard InChI is InChI=1S/C27H27N3OS/c31-26(29-18-22-12-6-2-7-13-22)17-27-30-24(20-32-27)19-28-25(23-14-8-3-9-15-23)16-21-10-4-1-5-11-21/h1-15,20,25,28H,16-19H2,(H,29,31). The number of carbonyl (C=O) groups excluding carboxylic acids is 1. The number of hydrogen-bond acceptors (Lipinski definition) is 4. The lowest BCUT2D eigenvalue weighted by Gasteiger charge is -2.19. The van der Waals surface area contributed by atoms with E-state index in [1.54, 1.807) is 0 Å². The largest absolute Gasteiger partial charge is 0.352 e. The summed E-state index contributed by atoms with van der Waals surface area (Å²) in [5, 5.41) is 9.50. The molecule has 162 valence electrons. The summed E-state index contributed by atoms with van der Waals surface area (Å²) in [6.45, 7) is 1.20. The van der Waals surface area contributed by atoms with Crippen LogP contribution >= 0.6 is 11.3 Å². The van der Waals surface area contributed by atoms with Gasteiger partial charge in [0.1, 0.15) is 5.01 Å². The van der Waals surface area contributed by atoms with Crippen LogP contribution in [-0.4, -0.2) is 10.9 Å². The summed E-state index contributed by atoms with van der Waals surface area (Å²) in [4.78, 5) is 17.0. The smallest absolute Gasteiger partial charge is 0.227 e. The van der Waals surface area contributed by atoms with Crippen molar-refractivity contribution >= 4 is 17.2 Å². The molecule has 0 spiro atoms. The number of aromatic nitrogens is 1. The molecule has 1 amide bonds. The molecule has 0 bridgehead atoms. The molecule has 0 radical (unpaired) electrons. The number of nitrogens with one attached hydrogen (secondary N) is 2. The summed E-state index contributed by atoms with van der Waals surface area (Å²) in [6.07, 6.45) is 1.22. The van der Waals surface area contributed by atoms with Crippen LogP contribution in [0.3, 0.4) is 0 Å². The van der Waals surface area contributed by atoms with Crippen LogP contribution in [0.25, 0.3) is 0 Å². The highest BCUT2D eigenvalue weighted by Gasteiger charge is 2.13. The molecule has 1 aromatic heterocycles. The topological polar surface area (TPSA) is 54.0 Å². The fourth-order valence-corrected chi connectivity index (χ4v) is 4.37. The molecule has 32 heavy (non-hydrogen) atoms. The van der Waals surface area contributed by atoms with Crippen LogP contribution in [0.5, 0.6) is 0 Å². The second-order valence-corrected chi connectivity index (χ2v) is 8.65. The number of amides is 1. The van der Waals surface area contributed by atoms with Crippen molar-refractivity contribution in [3.63, 3.8) is 0 Å². The Balaban J connectivity index is 1.32. The molecule has 2 N–H and O–H groups in total. The monoisotopic (exact) mass is 441 g/mol. The Hall–Kier alpha value is -3.28. The molecule has 1 atom stereocenters. The van der Waals surface area contributed by atoms with Crippen LogP contribution in [-0.2, 0) is 30.7 Å². The van der Waals surface area contributed by atoms with Gasteiger partial charge >= 0.3 is 0 Å². The van der Waals surface area contributed by atoms with Crippen molar-refractivity contribution in [2.75, 3.05) is 0 Å². The highest BCUT2D eigenvalue weighted by Crippen LogP contribution is 2.20. The van der Waals surface area contributed by atoms with Gasteiger partial charge in [-0.25, -0.2) is 4.98 Å². The molecule has 0 aliphatic heterocycles. The summed E-state index contributed by atoms with van der Waals surface area (Å²) >= 11 is 1.54. The highest BCUT2D eigenvalue weighted by atomic mass is 32.1. The Kier molecular flexibility index (Phi) is 7.79. The van der Waals surface area contributed by atoms with E-state index in [2.05, 4.69) is 64.1 Å². The average Bonchev–Trinajstić information content (AvgIpc) is 3.29. The van der Waals surface area contributed by atoms with Crippen molar-refractivity contribution in [1.29, 1.82) is 0 Å². The van der Waals surface area contributed by atoms with Crippen molar-refractivity contribution in [3.8, 4) is 0 Å². The van der Waals surface area contributed by atoms with Gasteiger partial charge in [0.25, 0.3) is 0 Å². The van der Waals surface area contributed by atoms with Crippen LogP contribution in [0.4, 0.5) is 0 Å². The van der Waals surface area contributed by atoms with Gasteiger partial charge in [0, 0.05) is 24.5 Å². The van der Waals surface area contributed by atoms with Gasteiger partial charge in [-0.3, -0.25) is 4.79 Å². The maximum absolute atomic E-state index is 12.3. The lowest BCUT2D eigenvalue weighted by atomic mass is 9.99. The van der Waals surface area contributed by atoms with Gasteiger partial charge in [-0.2, -0.15) is 0 Å². The molecule has 4 nitrogen and oxygen atoms in total. The normalized spacial score (nSPS) is 11.8. The fraction of sp³-hybridized carbons (Fsp3) is 0.185. The Morgan fingerprint density at radius 1 is 0.812 bits per heavy atom. The molecular weight excluding hydrogens is 414 g/mol. The van der Waals surface area contributed by atoms with Crippen LogP contribution in [0.2, 0.25) is 0 Å². The van der Waals surface area contributed by atoms with E-state index >= 15 is 0 Å². The molecule has 5 heteroatoms. The zero-order valence-electron chi connectivity index (χ0n) is 17.9. The summed E-state index contributed by atoms with van der Waals surface area (Å²) in [5.74, 6) is -0.00560. The number of hydrogen-bond donors (Lipinski definition) is 2.